The maximum atomic E-state index is 12.5. The molecule has 2 aliphatic heterocycles. The first-order valence-corrected chi connectivity index (χ1v) is 12.4. The highest BCUT2D eigenvalue weighted by Crippen LogP contribution is 2.19. The molecule has 0 aromatic heterocycles. The van der Waals surface area contributed by atoms with E-state index in [0.29, 0.717) is 19.6 Å². The monoisotopic (exact) mass is 396 g/mol. The van der Waals surface area contributed by atoms with E-state index in [9.17, 15) is 21.6 Å². The molecule has 0 aromatic rings. The van der Waals surface area contributed by atoms with E-state index in [0.717, 1.165) is 19.1 Å². The van der Waals surface area contributed by atoms with E-state index in [4.69, 9.17) is 4.74 Å². The van der Waals surface area contributed by atoms with Gasteiger partial charge in [-0.3, -0.25) is 4.79 Å². The van der Waals surface area contributed by atoms with E-state index in [1.54, 1.807) is 4.90 Å². The molecule has 2 atom stereocenters. The van der Waals surface area contributed by atoms with Gasteiger partial charge in [0, 0.05) is 38.7 Å². The molecule has 10 heteroatoms. The summed E-state index contributed by atoms with van der Waals surface area (Å²) in [5, 5.41) is 0. The number of hydrogen-bond acceptors (Lipinski definition) is 6. The van der Waals surface area contributed by atoms with Crippen LogP contribution in [-0.2, 0) is 29.4 Å². The van der Waals surface area contributed by atoms with Crippen molar-refractivity contribution >= 4 is 25.8 Å². The summed E-state index contributed by atoms with van der Waals surface area (Å²) in [7, 11) is -6.50. The van der Waals surface area contributed by atoms with Crippen molar-refractivity contribution in [1.29, 1.82) is 0 Å². The molecular weight excluding hydrogens is 368 g/mol. The van der Waals surface area contributed by atoms with Crippen molar-refractivity contribution in [2.45, 2.75) is 44.8 Å². The van der Waals surface area contributed by atoms with Crippen LogP contribution < -0.4 is 0 Å². The minimum Gasteiger partial charge on any atom is -0.377 e. The van der Waals surface area contributed by atoms with Gasteiger partial charge >= 0.3 is 0 Å². The van der Waals surface area contributed by atoms with Gasteiger partial charge in [0.2, 0.25) is 15.9 Å². The van der Waals surface area contributed by atoms with Gasteiger partial charge in [0.1, 0.15) is 0 Å². The molecule has 0 aromatic carbocycles. The Balaban J connectivity index is 1.94. The fourth-order valence-electron chi connectivity index (χ4n) is 3.43. The summed E-state index contributed by atoms with van der Waals surface area (Å²) < 4.78 is 54.0. The summed E-state index contributed by atoms with van der Waals surface area (Å²) in [6.45, 7) is 3.22. The second-order valence-corrected chi connectivity index (χ2v) is 11.0. The Labute approximate surface area is 150 Å². The SMILES string of the molecule is CCN(C(=O)CCN(CC1CCCO1)S(C)(=O)=O)C1CCS(=O)(=O)C1. The molecule has 2 unspecified atom stereocenters. The molecule has 0 bridgehead atoms. The minimum absolute atomic E-state index is 0.00170. The molecule has 0 N–H and O–H groups in total. The molecule has 0 radical (unpaired) electrons. The average molecular weight is 397 g/mol. The first-order valence-electron chi connectivity index (χ1n) is 8.69. The predicted molar refractivity (Wildman–Crippen MR) is 94.5 cm³/mol. The lowest BCUT2D eigenvalue weighted by atomic mass is 10.2. The Hall–Kier alpha value is -0.710. The zero-order chi connectivity index (χ0) is 18.7. The Morgan fingerprint density at radius 1 is 1.28 bits per heavy atom. The summed E-state index contributed by atoms with van der Waals surface area (Å²) in [5.41, 5.74) is 0. The highest BCUT2D eigenvalue weighted by molar-refractivity contribution is 7.91. The molecular formula is C15H28N2O6S2. The van der Waals surface area contributed by atoms with E-state index < -0.39 is 19.9 Å². The van der Waals surface area contributed by atoms with Gasteiger partial charge in [-0.2, -0.15) is 4.31 Å². The topological polar surface area (TPSA) is 101 Å². The molecule has 8 nitrogen and oxygen atoms in total. The third kappa shape index (κ3) is 5.90. The van der Waals surface area contributed by atoms with Crippen LogP contribution in [0.3, 0.4) is 0 Å². The Morgan fingerprint density at radius 2 is 2.00 bits per heavy atom. The van der Waals surface area contributed by atoms with Gasteiger partial charge in [-0.1, -0.05) is 0 Å². The summed E-state index contributed by atoms with van der Waals surface area (Å²) >= 11 is 0. The van der Waals surface area contributed by atoms with Crippen molar-refractivity contribution in [3.8, 4) is 0 Å². The average Bonchev–Trinajstić information content (AvgIpc) is 3.12. The van der Waals surface area contributed by atoms with Gasteiger partial charge in [0.15, 0.2) is 9.84 Å². The number of carbonyl (C=O) groups excluding carboxylic acids is 1. The summed E-state index contributed by atoms with van der Waals surface area (Å²) in [6.07, 6.45) is 3.25. The molecule has 2 aliphatic rings. The fourth-order valence-corrected chi connectivity index (χ4v) is 6.02. The van der Waals surface area contributed by atoms with Crippen LogP contribution in [0.2, 0.25) is 0 Å². The van der Waals surface area contributed by atoms with Crippen LogP contribution in [0.5, 0.6) is 0 Å². The molecule has 2 saturated heterocycles. The van der Waals surface area contributed by atoms with Crippen LogP contribution in [0.4, 0.5) is 0 Å². The van der Waals surface area contributed by atoms with Crippen molar-refractivity contribution in [3.05, 3.63) is 0 Å². The Kier molecular flexibility index (Phi) is 6.86. The number of nitrogens with zero attached hydrogens (tertiary/aromatic N) is 2. The summed E-state index contributed by atoms with van der Waals surface area (Å²) in [5.74, 6) is -0.0978. The van der Waals surface area contributed by atoms with Gasteiger partial charge in [-0.25, -0.2) is 16.8 Å². The third-order valence-electron chi connectivity index (χ3n) is 4.79. The van der Waals surface area contributed by atoms with Crippen LogP contribution in [0.15, 0.2) is 0 Å². The molecule has 0 saturated carbocycles. The molecule has 1 amide bonds. The molecule has 0 aliphatic carbocycles. The maximum absolute atomic E-state index is 12.5. The number of ether oxygens (including phenoxy) is 1. The van der Waals surface area contributed by atoms with E-state index in [1.165, 1.54) is 4.31 Å². The van der Waals surface area contributed by atoms with Crippen LogP contribution >= 0.6 is 0 Å². The Morgan fingerprint density at radius 3 is 2.48 bits per heavy atom. The maximum Gasteiger partial charge on any atom is 0.224 e. The highest BCUT2D eigenvalue weighted by Gasteiger charge is 2.34. The number of carbonyl (C=O) groups is 1. The van der Waals surface area contributed by atoms with Crippen molar-refractivity contribution in [2.75, 3.05) is 44.0 Å². The quantitative estimate of drug-likeness (QED) is 0.566. The minimum atomic E-state index is -3.43. The number of amides is 1. The van der Waals surface area contributed by atoms with Gasteiger partial charge < -0.3 is 9.64 Å². The van der Waals surface area contributed by atoms with Gasteiger partial charge in [-0.05, 0) is 26.2 Å². The molecule has 0 spiro atoms. The summed E-state index contributed by atoms with van der Waals surface area (Å²) in [4.78, 5) is 14.1. The van der Waals surface area contributed by atoms with E-state index >= 15 is 0 Å². The number of sulfone groups is 1. The number of rotatable bonds is 8. The normalized spacial score (nSPS) is 26.2. The van der Waals surface area contributed by atoms with Crippen LogP contribution in [-0.4, -0.2) is 88.1 Å². The van der Waals surface area contributed by atoms with Crippen LogP contribution in [0.1, 0.15) is 32.6 Å². The highest BCUT2D eigenvalue weighted by atomic mass is 32.2. The first kappa shape index (κ1) is 20.6. The molecule has 2 rings (SSSR count). The standard InChI is InChI=1S/C15H28N2O6S2/c1-3-17(13-7-10-25(21,22)12-13)15(18)6-8-16(24(2,19)20)11-14-5-4-9-23-14/h13-14H,3-12H2,1-2H3. The second-order valence-electron chi connectivity index (χ2n) is 6.74. The lowest BCUT2D eigenvalue weighted by Gasteiger charge is -2.28. The van der Waals surface area contributed by atoms with Crippen molar-refractivity contribution in [1.82, 2.24) is 9.21 Å². The first-order chi connectivity index (χ1) is 11.6. The lowest BCUT2D eigenvalue weighted by Crippen LogP contribution is -2.44. The van der Waals surface area contributed by atoms with Crippen molar-refractivity contribution < 1.29 is 26.4 Å². The molecule has 25 heavy (non-hydrogen) atoms. The van der Waals surface area contributed by atoms with E-state index in [1.807, 2.05) is 6.92 Å². The number of hydrogen-bond donors (Lipinski definition) is 0. The lowest BCUT2D eigenvalue weighted by molar-refractivity contribution is -0.133. The van der Waals surface area contributed by atoms with E-state index in [-0.39, 0.29) is 49.1 Å². The molecule has 2 fully saturated rings. The second kappa shape index (κ2) is 8.32. The van der Waals surface area contributed by atoms with Crippen molar-refractivity contribution in [2.24, 2.45) is 0 Å². The van der Waals surface area contributed by atoms with Gasteiger partial charge in [-0.15, -0.1) is 0 Å². The van der Waals surface area contributed by atoms with Crippen LogP contribution in [0.25, 0.3) is 0 Å². The van der Waals surface area contributed by atoms with Crippen LogP contribution in [0, 0.1) is 0 Å². The third-order valence-corrected chi connectivity index (χ3v) is 7.81. The summed E-state index contributed by atoms with van der Waals surface area (Å²) in [6, 6.07) is -0.299. The zero-order valence-corrected chi connectivity index (χ0v) is 16.5. The van der Waals surface area contributed by atoms with E-state index in [2.05, 4.69) is 0 Å². The van der Waals surface area contributed by atoms with Crippen molar-refractivity contribution in [3.63, 3.8) is 0 Å². The smallest absolute Gasteiger partial charge is 0.224 e. The molecule has 146 valence electrons. The predicted octanol–water partition coefficient (Wildman–Crippen LogP) is -0.147. The Bertz CT molecular complexity index is 670. The van der Waals surface area contributed by atoms with Gasteiger partial charge in [0.05, 0.1) is 23.9 Å². The fraction of sp³-hybridized carbons (Fsp3) is 0.933. The zero-order valence-electron chi connectivity index (χ0n) is 14.9. The number of sulfonamides is 1. The van der Waals surface area contributed by atoms with Gasteiger partial charge in [0.25, 0.3) is 0 Å². The molecule has 2 heterocycles. The largest absolute Gasteiger partial charge is 0.377 e.